The Kier molecular flexibility index (Phi) is 5.50. The summed E-state index contributed by atoms with van der Waals surface area (Å²) in [6.07, 6.45) is 3.27. The zero-order valence-corrected chi connectivity index (χ0v) is 20.8. The first-order valence-electron chi connectivity index (χ1n) is 11.5. The molecular formula is C27H20ClN3O4S. The third-order valence-electron chi connectivity index (χ3n) is 6.46. The van der Waals surface area contributed by atoms with Gasteiger partial charge in [0, 0.05) is 16.8 Å². The van der Waals surface area contributed by atoms with Crippen molar-refractivity contribution in [3.8, 4) is 5.75 Å². The Labute approximate surface area is 215 Å². The van der Waals surface area contributed by atoms with E-state index in [-0.39, 0.29) is 11.3 Å². The van der Waals surface area contributed by atoms with E-state index in [4.69, 9.17) is 16.3 Å². The maximum absolute atomic E-state index is 13.4. The molecule has 6 rings (SSSR count). The second-order valence-corrected chi connectivity index (χ2v) is 10.2. The molecule has 2 aromatic heterocycles. The van der Waals surface area contributed by atoms with Gasteiger partial charge in [0.05, 0.1) is 28.1 Å². The molecule has 0 aliphatic carbocycles. The number of hydrogen-bond acceptors (Lipinski definition) is 7. The fourth-order valence-corrected chi connectivity index (χ4v) is 5.88. The highest BCUT2D eigenvalue weighted by Crippen LogP contribution is 2.44. The normalized spacial score (nSPS) is 18.9. The van der Waals surface area contributed by atoms with Crippen LogP contribution in [0.4, 0.5) is 5.13 Å². The third-order valence-corrected chi connectivity index (χ3v) is 7.88. The van der Waals surface area contributed by atoms with Crippen molar-refractivity contribution < 1.29 is 19.4 Å². The summed E-state index contributed by atoms with van der Waals surface area (Å²) in [6.45, 7) is 2.54. The summed E-state index contributed by atoms with van der Waals surface area (Å²) >= 11 is 7.57. The summed E-state index contributed by atoms with van der Waals surface area (Å²) < 4.78 is 6.52. The first-order valence-corrected chi connectivity index (χ1v) is 12.7. The van der Waals surface area contributed by atoms with Crippen molar-refractivity contribution in [2.24, 2.45) is 0 Å². The molecule has 0 bridgehead atoms. The van der Waals surface area contributed by atoms with Crippen LogP contribution in [0.3, 0.4) is 0 Å². The number of thiazole rings is 1. The first kappa shape index (κ1) is 22.7. The van der Waals surface area contributed by atoms with Crippen LogP contribution in [0.1, 0.15) is 34.8 Å². The van der Waals surface area contributed by atoms with E-state index in [9.17, 15) is 14.7 Å². The Morgan fingerprint density at radius 2 is 2.06 bits per heavy atom. The van der Waals surface area contributed by atoms with Crippen LogP contribution in [0.15, 0.2) is 60.3 Å². The van der Waals surface area contributed by atoms with Gasteiger partial charge < -0.3 is 9.84 Å². The SMILES string of the molecule is Cc1cc2sc(N3C(=O)C(=O)/C(=C(/O)c4ccc5c(c4)CCCO5)C3c3ccccn3)nc2cc1Cl. The highest BCUT2D eigenvalue weighted by Gasteiger charge is 2.48. The van der Waals surface area contributed by atoms with Gasteiger partial charge in [0.1, 0.15) is 17.6 Å². The molecule has 1 fully saturated rings. The van der Waals surface area contributed by atoms with Gasteiger partial charge >= 0.3 is 5.91 Å². The van der Waals surface area contributed by atoms with Crippen LogP contribution in [0.2, 0.25) is 5.02 Å². The molecule has 1 N–H and O–H groups in total. The van der Waals surface area contributed by atoms with Crippen molar-refractivity contribution >= 4 is 55.7 Å². The number of Topliss-reactive ketones (excluding diaryl/α,β-unsaturated/α-hetero) is 1. The number of fused-ring (bicyclic) bond motifs is 2. The van der Waals surface area contributed by atoms with Crippen LogP contribution < -0.4 is 9.64 Å². The molecule has 4 heterocycles. The minimum atomic E-state index is -0.935. The fraction of sp³-hybridized carbons (Fsp3) is 0.185. The maximum Gasteiger partial charge on any atom is 0.301 e. The minimum Gasteiger partial charge on any atom is -0.507 e. The number of carbonyl (C=O) groups is 2. The Hall–Kier alpha value is -3.75. The average Bonchev–Trinajstić information content (AvgIpc) is 3.41. The van der Waals surface area contributed by atoms with E-state index in [0.717, 1.165) is 34.4 Å². The molecule has 2 aliphatic rings. The fourth-order valence-electron chi connectivity index (χ4n) is 4.65. The van der Waals surface area contributed by atoms with E-state index >= 15 is 0 Å². The van der Waals surface area contributed by atoms with Gasteiger partial charge in [0.25, 0.3) is 5.78 Å². The summed E-state index contributed by atoms with van der Waals surface area (Å²) in [4.78, 5) is 37.2. The number of aliphatic hydroxyl groups is 1. The predicted molar refractivity (Wildman–Crippen MR) is 139 cm³/mol. The number of pyridine rings is 1. The molecule has 0 radical (unpaired) electrons. The first-order chi connectivity index (χ1) is 17.4. The Bertz CT molecular complexity index is 1540. The molecule has 1 amide bonds. The van der Waals surface area contributed by atoms with Gasteiger partial charge in [0.2, 0.25) is 0 Å². The molecule has 2 aromatic carbocycles. The lowest BCUT2D eigenvalue weighted by Gasteiger charge is -2.22. The molecule has 0 saturated carbocycles. The highest BCUT2D eigenvalue weighted by molar-refractivity contribution is 7.22. The number of hydrogen-bond donors (Lipinski definition) is 1. The Morgan fingerprint density at radius 1 is 1.19 bits per heavy atom. The lowest BCUT2D eigenvalue weighted by Crippen LogP contribution is -2.29. The number of aromatic nitrogens is 2. The molecule has 36 heavy (non-hydrogen) atoms. The zero-order chi connectivity index (χ0) is 25.0. The van der Waals surface area contributed by atoms with E-state index < -0.39 is 17.7 Å². The van der Waals surface area contributed by atoms with Crippen molar-refractivity contribution in [1.82, 2.24) is 9.97 Å². The van der Waals surface area contributed by atoms with Crippen molar-refractivity contribution in [3.63, 3.8) is 0 Å². The molecular weight excluding hydrogens is 498 g/mol. The van der Waals surface area contributed by atoms with Crippen molar-refractivity contribution in [1.29, 1.82) is 0 Å². The number of anilines is 1. The Balaban J connectivity index is 1.53. The number of aliphatic hydroxyl groups excluding tert-OH is 1. The van der Waals surface area contributed by atoms with Crippen molar-refractivity contribution in [2.75, 3.05) is 11.5 Å². The molecule has 9 heteroatoms. The third kappa shape index (κ3) is 3.65. The van der Waals surface area contributed by atoms with Gasteiger partial charge in [-0.25, -0.2) is 4.98 Å². The van der Waals surface area contributed by atoms with E-state index in [1.165, 1.54) is 16.2 Å². The largest absolute Gasteiger partial charge is 0.507 e. The van der Waals surface area contributed by atoms with E-state index in [1.54, 1.807) is 42.6 Å². The molecule has 0 spiro atoms. The van der Waals surface area contributed by atoms with Gasteiger partial charge in [-0.2, -0.15) is 0 Å². The molecule has 1 unspecified atom stereocenters. The second kappa shape index (κ2) is 8.72. The number of benzene rings is 2. The lowest BCUT2D eigenvalue weighted by molar-refractivity contribution is -0.132. The monoisotopic (exact) mass is 517 g/mol. The molecule has 4 aromatic rings. The number of amides is 1. The molecule has 2 aliphatic heterocycles. The standard InChI is InChI=1S/C27H20ClN3O4S/c1-14-11-21-19(13-17(14)28)30-27(36-21)31-23(18-6-2-3-9-29-18)22(25(33)26(31)34)24(32)16-7-8-20-15(12-16)5-4-10-35-20/h2-3,6-9,11-13,23,32H,4-5,10H2,1H3/b24-22+. The summed E-state index contributed by atoms with van der Waals surface area (Å²) in [6, 6.07) is 13.3. The molecule has 1 saturated heterocycles. The number of ketones is 1. The summed E-state index contributed by atoms with van der Waals surface area (Å²) in [5.41, 5.74) is 3.34. The topological polar surface area (TPSA) is 92.6 Å². The van der Waals surface area contributed by atoms with Gasteiger partial charge in [-0.05, 0) is 73.4 Å². The number of rotatable bonds is 3. The summed E-state index contributed by atoms with van der Waals surface area (Å²) in [5.74, 6) is -1.04. The van der Waals surface area contributed by atoms with E-state index in [0.29, 0.717) is 33.5 Å². The van der Waals surface area contributed by atoms with Crippen LogP contribution in [0.25, 0.3) is 16.0 Å². The maximum atomic E-state index is 13.4. The van der Waals surface area contributed by atoms with E-state index in [1.807, 2.05) is 19.1 Å². The number of carbonyl (C=O) groups excluding carboxylic acids is 2. The Morgan fingerprint density at radius 3 is 2.86 bits per heavy atom. The van der Waals surface area contributed by atoms with Gasteiger partial charge in [-0.1, -0.05) is 29.0 Å². The zero-order valence-electron chi connectivity index (χ0n) is 19.2. The second-order valence-electron chi connectivity index (χ2n) is 8.76. The van der Waals surface area contributed by atoms with Gasteiger partial charge in [-0.3, -0.25) is 19.5 Å². The van der Waals surface area contributed by atoms with Crippen molar-refractivity contribution in [2.45, 2.75) is 25.8 Å². The van der Waals surface area contributed by atoms with Crippen LogP contribution >= 0.6 is 22.9 Å². The number of ether oxygens (including phenoxy) is 1. The predicted octanol–water partition coefficient (Wildman–Crippen LogP) is 5.60. The van der Waals surface area contributed by atoms with Gasteiger partial charge in [0.15, 0.2) is 5.13 Å². The lowest BCUT2D eigenvalue weighted by atomic mass is 9.96. The number of aryl methyl sites for hydroxylation is 2. The summed E-state index contributed by atoms with van der Waals surface area (Å²) in [7, 11) is 0. The number of nitrogens with zero attached hydrogens (tertiary/aromatic N) is 3. The van der Waals surface area contributed by atoms with Crippen LogP contribution in [-0.4, -0.2) is 33.4 Å². The number of halogens is 1. The summed E-state index contributed by atoms with van der Waals surface area (Å²) in [5, 5.41) is 12.3. The molecule has 1 atom stereocenters. The smallest absolute Gasteiger partial charge is 0.301 e. The quantitative estimate of drug-likeness (QED) is 0.216. The highest BCUT2D eigenvalue weighted by atomic mass is 35.5. The van der Waals surface area contributed by atoms with Gasteiger partial charge in [-0.15, -0.1) is 0 Å². The average molecular weight is 518 g/mol. The minimum absolute atomic E-state index is 0.0242. The van der Waals surface area contributed by atoms with Crippen LogP contribution in [0.5, 0.6) is 5.75 Å². The van der Waals surface area contributed by atoms with Crippen LogP contribution in [-0.2, 0) is 16.0 Å². The molecule has 180 valence electrons. The van der Waals surface area contributed by atoms with Crippen molar-refractivity contribution in [3.05, 3.63) is 87.7 Å². The van der Waals surface area contributed by atoms with Crippen LogP contribution in [0, 0.1) is 6.92 Å². The molecule has 7 nitrogen and oxygen atoms in total. The van der Waals surface area contributed by atoms with E-state index in [2.05, 4.69) is 9.97 Å².